The standard InChI is InChI=1S/C11H15N3O2/c1-16-10-3-2-7(11(12)15)4-9(10)14-8-5-13-6-8/h2-4,8,13-14H,5-6H2,1H3,(H2,12,15). The molecule has 5 nitrogen and oxygen atoms in total. The second-order valence-corrected chi connectivity index (χ2v) is 3.78. The van der Waals surface area contributed by atoms with Gasteiger partial charge in [-0.3, -0.25) is 4.79 Å². The molecule has 1 aromatic rings. The van der Waals surface area contributed by atoms with Crippen molar-refractivity contribution < 1.29 is 9.53 Å². The molecule has 1 aliphatic rings. The van der Waals surface area contributed by atoms with Gasteiger partial charge in [0.2, 0.25) is 5.91 Å². The van der Waals surface area contributed by atoms with Gasteiger partial charge in [0.05, 0.1) is 18.8 Å². The van der Waals surface area contributed by atoms with Crippen molar-refractivity contribution in [3.63, 3.8) is 0 Å². The number of ether oxygens (including phenoxy) is 1. The van der Waals surface area contributed by atoms with E-state index in [1.807, 2.05) is 0 Å². The molecule has 0 saturated carbocycles. The van der Waals surface area contributed by atoms with E-state index in [4.69, 9.17) is 10.5 Å². The smallest absolute Gasteiger partial charge is 0.248 e. The van der Waals surface area contributed by atoms with E-state index in [0.717, 1.165) is 24.5 Å². The van der Waals surface area contributed by atoms with Crippen molar-refractivity contribution in [1.29, 1.82) is 0 Å². The second kappa shape index (κ2) is 4.40. The Morgan fingerprint density at radius 2 is 2.31 bits per heavy atom. The van der Waals surface area contributed by atoms with Gasteiger partial charge >= 0.3 is 0 Å². The molecule has 0 bridgehead atoms. The zero-order chi connectivity index (χ0) is 11.5. The highest BCUT2D eigenvalue weighted by atomic mass is 16.5. The molecule has 0 radical (unpaired) electrons. The van der Waals surface area contributed by atoms with E-state index in [0.29, 0.717) is 11.6 Å². The fourth-order valence-corrected chi connectivity index (χ4v) is 1.58. The molecule has 1 aliphatic heterocycles. The number of benzene rings is 1. The number of nitrogens with one attached hydrogen (secondary N) is 2. The van der Waals surface area contributed by atoms with Gasteiger partial charge in [-0.1, -0.05) is 0 Å². The molecule has 1 fully saturated rings. The lowest BCUT2D eigenvalue weighted by atomic mass is 10.1. The molecule has 1 heterocycles. The molecule has 4 N–H and O–H groups in total. The van der Waals surface area contributed by atoms with Gasteiger partial charge in [-0.25, -0.2) is 0 Å². The summed E-state index contributed by atoms with van der Waals surface area (Å²) in [6, 6.07) is 5.51. The lowest BCUT2D eigenvalue weighted by Crippen LogP contribution is -2.51. The quantitative estimate of drug-likeness (QED) is 0.677. The molecule has 1 aromatic carbocycles. The van der Waals surface area contributed by atoms with Gasteiger partial charge in [-0.2, -0.15) is 0 Å². The molecule has 0 aliphatic carbocycles. The van der Waals surface area contributed by atoms with Gasteiger partial charge in [0.1, 0.15) is 5.75 Å². The first kappa shape index (κ1) is 10.8. The summed E-state index contributed by atoms with van der Waals surface area (Å²) in [5, 5.41) is 6.46. The van der Waals surface area contributed by atoms with Crippen LogP contribution in [0.4, 0.5) is 5.69 Å². The van der Waals surface area contributed by atoms with Gasteiger partial charge in [-0.15, -0.1) is 0 Å². The normalized spacial score (nSPS) is 15.3. The van der Waals surface area contributed by atoms with Crippen LogP contribution in [0.25, 0.3) is 0 Å². The molecule has 0 unspecified atom stereocenters. The van der Waals surface area contributed by atoms with E-state index < -0.39 is 5.91 Å². The van der Waals surface area contributed by atoms with Crippen LogP contribution in [0.2, 0.25) is 0 Å². The molecule has 0 aromatic heterocycles. The van der Waals surface area contributed by atoms with Gasteiger partial charge in [0.25, 0.3) is 0 Å². The maximum absolute atomic E-state index is 11.1. The summed E-state index contributed by atoms with van der Waals surface area (Å²) < 4.78 is 5.21. The summed E-state index contributed by atoms with van der Waals surface area (Å²) in [7, 11) is 1.60. The molecule has 1 amide bonds. The summed E-state index contributed by atoms with van der Waals surface area (Å²) in [4.78, 5) is 11.1. The number of rotatable bonds is 4. The van der Waals surface area contributed by atoms with E-state index in [1.165, 1.54) is 0 Å². The minimum Gasteiger partial charge on any atom is -0.495 e. The van der Waals surface area contributed by atoms with Crippen molar-refractivity contribution in [2.24, 2.45) is 5.73 Å². The number of amides is 1. The number of anilines is 1. The van der Waals surface area contributed by atoms with Gasteiger partial charge in [0.15, 0.2) is 0 Å². The monoisotopic (exact) mass is 221 g/mol. The van der Waals surface area contributed by atoms with Gasteiger partial charge in [0, 0.05) is 18.7 Å². The van der Waals surface area contributed by atoms with Crippen molar-refractivity contribution >= 4 is 11.6 Å². The van der Waals surface area contributed by atoms with Crippen LogP contribution in [-0.4, -0.2) is 32.1 Å². The van der Waals surface area contributed by atoms with E-state index >= 15 is 0 Å². The summed E-state index contributed by atoms with van der Waals surface area (Å²) in [5.74, 6) is 0.286. The van der Waals surface area contributed by atoms with E-state index in [1.54, 1.807) is 25.3 Å². The Bertz CT molecular complexity index is 402. The van der Waals surface area contributed by atoms with Crippen molar-refractivity contribution in [2.45, 2.75) is 6.04 Å². The molecular formula is C11H15N3O2. The van der Waals surface area contributed by atoms with Gasteiger partial charge < -0.3 is 21.1 Å². The third-order valence-corrected chi connectivity index (χ3v) is 2.63. The van der Waals surface area contributed by atoms with Crippen molar-refractivity contribution in [2.75, 3.05) is 25.5 Å². The van der Waals surface area contributed by atoms with Crippen molar-refractivity contribution in [1.82, 2.24) is 5.32 Å². The van der Waals surface area contributed by atoms with E-state index in [9.17, 15) is 4.79 Å². The first-order valence-corrected chi connectivity index (χ1v) is 5.16. The van der Waals surface area contributed by atoms with E-state index in [2.05, 4.69) is 10.6 Å². The minimum absolute atomic E-state index is 0.386. The first-order chi connectivity index (χ1) is 7.70. The van der Waals surface area contributed by atoms with Crippen molar-refractivity contribution in [3.05, 3.63) is 23.8 Å². The number of hydrogen-bond donors (Lipinski definition) is 3. The predicted octanol–water partition coefficient (Wildman–Crippen LogP) is 0.178. The molecular weight excluding hydrogens is 206 g/mol. The fourth-order valence-electron chi connectivity index (χ4n) is 1.58. The number of carbonyl (C=O) groups is 1. The van der Waals surface area contributed by atoms with Crippen LogP contribution in [-0.2, 0) is 0 Å². The topological polar surface area (TPSA) is 76.4 Å². The van der Waals surface area contributed by atoms with E-state index in [-0.39, 0.29) is 0 Å². The average molecular weight is 221 g/mol. The summed E-state index contributed by atoms with van der Waals surface area (Å²) in [5.41, 5.74) is 6.52. The number of methoxy groups -OCH3 is 1. The lowest BCUT2D eigenvalue weighted by Gasteiger charge is -2.29. The van der Waals surface area contributed by atoms with Gasteiger partial charge in [-0.05, 0) is 18.2 Å². The minimum atomic E-state index is -0.433. The van der Waals surface area contributed by atoms with Crippen LogP contribution in [0.5, 0.6) is 5.75 Å². The Kier molecular flexibility index (Phi) is 2.96. The molecule has 0 spiro atoms. The zero-order valence-electron chi connectivity index (χ0n) is 9.12. The van der Waals surface area contributed by atoms with Crippen LogP contribution in [0.1, 0.15) is 10.4 Å². The largest absolute Gasteiger partial charge is 0.495 e. The summed E-state index contributed by atoms with van der Waals surface area (Å²) in [6.45, 7) is 1.84. The van der Waals surface area contributed by atoms with Crippen molar-refractivity contribution in [3.8, 4) is 5.75 Å². The van der Waals surface area contributed by atoms with Crippen LogP contribution in [0, 0.1) is 0 Å². The lowest BCUT2D eigenvalue weighted by molar-refractivity contribution is 0.100. The Hall–Kier alpha value is -1.75. The zero-order valence-corrected chi connectivity index (χ0v) is 9.12. The Morgan fingerprint density at radius 3 is 2.81 bits per heavy atom. The van der Waals surface area contributed by atoms with Crippen LogP contribution in [0.3, 0.4) is 0 Å². The number of primary amides is 1. The van der Waals surface area contributed by atoms with Crippen LogP contribution >= 0.6 is 0 Å². The number of carbonyl (C=O) groups excluding carboxylic acids is 1. The summed E-state index contributed by atoms with van der Waals surface area (Å²) in [6.07, 6.45) is 0. The fraction of sp³-hybridized carbons (Fsp3) is 0.364. The molecule has 86 valence electrons. The Balaban J connectivity index is 2.23. The molecule has 16 heavy (non-hydrogen) atoms. The average Bonchev–Trinajstić information content (AvgIpc) is 2.23. The Morgan fingerprint density at radius 1 is 1.56 bits per heavy atom. The number of nitrogens with two attached hydrogens (primary N) is 1. The third-order valence-electron chi connectivity index (χ3n) is 2.63. The molecule has 1 saturated heterocycles. The molecule has 0 atom stereocenters. The maximum atomic E-state index is 11.1. The van der Waals surface area contributed by atoms with Crippen LogP contribution < -0.4 is 21.1 Å². The molecule has 5 heteroatoms. The Labute approximate surface area is 94.0 Å². The third kappa shape index (κ3) is 2.09. The predicted molar refractivity (Wildman–Crippen MR) is 61.8 cm³/mol. The first-order valence-electron chi connectivity index (χ1n) is 5.16. The maximum Gasteiger partial charge on any atom is 0.248 e. The highest BCUT2D eigenvalue weighted by molar-refractivity contribution is 5.94. The van der Waals surface area contributed by atoms with Crippen LogP contribution in [0.15, 0.2) is 18.2 Å². The highest BCUT2D eigenvalue weighted by Crippen LogP contribution is 2.26. The molecule has 2 rings (SSSR count). The number of hydrogen-bond acceptors (Lipinski definition) is 4. The SMILES string of the molecule is COc1ccc(C(N)=O)cc1NC1CNC1. The highest BCUT2D eigenvalue weighted by Gasteiger charge is 2.18. The summed E-state index contributed by atoms with van der Waals surface area (Å²) >= 11 is 0. The second-order valence-electron chi connectivity index (χ2n) is 3.78.